The van der Waals surface area contributed by atoms with E-state index in [-0.39, 0.29) is 0 Å². The number of aryl methyl sites for hydroxylation is 1. The number of hydrogen-bond acceptors (Lipinski definition) is 5. The first-order valence-electron chi connectivity index (χ1n) is 7.15. The highest BCUT2D eigenvalue weighted by molar-refractivity contribution is 5.50. The van der Waals surface area contributed by atoms with Crippen LogP contribution < -0.4 is 16.0 Å². The predicted molar refractivity (Wildman–Crippen MR) is 79.5 cm³/mol. The molecule has 0 aromatic carbocycles. The average molecular weight is 263 g/mol. The van der Waals surface area contributed by atoms with Crippen molar-refractivity contribution in [3.8, 4) is 0 Å². The van der Waals surface area contributed by atoms with E-state index in [9.17, 15) is 0 Å². The number of anilines is 2. The average Bonchev–Trinajstić information content (AvgIpc) is 2.37. The van der Waals surface area contributed by atoms with Crippen LogP contribution in [0.2, 0.25) is 0 Å². The molecule has 0 unspecified atom stereocenters. The van der Waals surface area contributed by atoms with Crippen molar-refractivity contribution in [2.75, 3.05) is 29.9 Å². The Morgan fingerprint density at radius 3 is 2.63 bits per heavy atom. The third-order valence-electron chi connectivity index (χ3n) is 3.53. The highest BCUT2D eigenvalue weighted by Gasteiger charge is 2.19. The molecular formula is C14H25N5. The van der Waals surface area contributed by atoms with Crippen LogP contribution in [0.1, 0.15) is 32.5 Å². The molecule has 0 saturated carbocycles. The van der Waals surface area contributed by atoms with Gasteiger partial charge in [-0.25, -0.2) is 9.97 Å². The summed E-state index contributed by atoms with van der Waals surface area (Å²) in [6.45, 7) is 9.06. The largest absolute Gasteiger partial charge is 0.368 e. The highest BCUT2D eigenvalue weighted by Crippen LogP contribution is 2.23. The molecule has 0 bridgehead atoms. The predicted octanol–water partition coefficient (Wildman–Crippen LogP) is 1.78. The molecule has 19 heavy (non-hydrogen) atoms. The van der Waals surface area contributed by atoms with Gasteiger partial charge >= 0.3 is 0 Å². The Hall–Kier alpha value is -1.36. The van der Waals surface area contributed by atoms with Gasteiger partial charge in [0.25, 0.3) is 0 Å². The summed E-state index contributed by atoms with van der Waals surface area (Å²) in [5.41, 5.74) is 5.74. The molecule has 1 aromatic rings. The van der Waals surface area contributed by atoms with E-state index < -0.39 is 0 Å². The molecule has 1 aliphatic heterocycles. The van der Waals surface area contributed by atoms with E-state index in [1.54, 1.807) is 0 Å². The van der Waals surface area contributed by atoms with E-state index in [4.69, 9.17) is 5.73 Å². The molecule has 1 saturated heterocycles. The summed E-state index contributed by atoms with van der Waals surface area (Å²) < 4.78 is 0. The number of aromatic nitrogens is 2. The molecule has 1 aromatic heterocycles. The number of nitrogens with two attached hydrogens (primary N) is 1. The van der Waals surface area contributed by atoms with Crippen molar-refractivity contribution in [2.24, 2.45) is 11.7 Å². The van der Waals surface area contributed by atoms with Crippen molar-refractivity contribution in [1.82, 2.24) is 9.97 Å². The molecule has 2 heterocycles. The molecule has 1 aliphatic rings. The van der Waals surface area contributed by atoms with Gasteiger partial charge in [0.05, 0.1) is 0 Å². The first-order valence-corrected chi connectivity index (χ1v) is 7.15. The maximum absolute atomic E-state index is 5.74. The molecule has 0 radical (unpaired) electrons. The summed E-state index contributed by atoms with van der Waals surface area (Å²) in [6, 6.07) is 2.43. The van der Waals surface area contributed by atoms with Crippen LogP contribution in [0.15, 0.2) is 6.07 Å². The standard InChI is InChI=1S/C14H25N5/c1-10(2)16-13-8-14(18-11(3)17-13)19-6-4-12(9-15)5-7-19/h8,10,12H,4-7,9,15H2,1-3H3,(H,16,17,18). The molecule has 2 rings (SSSR count). The van der Waals surface area contributed by atoms with Gasteiger partial charge in [0.15, 0.2) is 0 Å². The lowest BCUT2D eigenvalue weighted by molar-refractivity contribution is 0.413. The lowest BCUT2D eigenvalue weighted by atomic mass is 9.97. The Kier molecular flexibility index (Phi) is 4.58. The molecule has 0 aliphatic carbocycles. The zero-order valence-corrected chi connectivity index (χ0v) is 12.2. The summed E-state index contributed by atoms with van der Waals surface area (Å²) in [5, 5.41) is 3.35. The van der Waals surface area contributed by atoms with Crippen LogP contribution in [0.25, 0.3) is 0 Å². The van der Waals surface area contributed by atoms with Crippen molar-refractivity contribution in [1.29, 1.82) is 0 Å². The lowest BCUT2D eigenvalue weighted by Gasteiger charge is -2.32. The Labute approximate surface area is 115 Å². The molecule has 106 valence electrons. The van der Waals surface area contributed by atoms with Gasteiger partial charge < -0.3 is 16.0 Å². The van der Waals surface area contributed by atoms with Gasteiger partial charge in [0, 0.05) is 25.2 Å². The van der Waals surface area contributed by atoms with Crippen LogP contribution in [0.3, 0.4) is 0 Å². The molecular weight excluding hydrogens is 238 g/mol. The van der Waals surface area contributed by atoms with Crippen LogP contribution in [0.5, 0.6) is 0 Å². The second-order valence-electron chi connectivity index (χ2n) is 5.62. The van der Waals surface area contributed by atoms with E-state index >= 15 is 0 Å². The van der Waals surface area contributed by atoms with E-state index in [2.05, 4.69) is 40.1 Å². The first-order chi connectivity index (χ1) is 9.08. The van der Waals surface area contributed by atoms with Crippen LogP contribution in [-0.2, 0) is 0 Å². The van der Waals surface area contributed by atoms with Gasteiger partial charge in [-0.15, -0.1) is 0 Å². The number of nitrogens with zero attached hydrogens (tertiary/aromatic N) is 3. The maximum atomic E-state index is 5.74. The SMILES string of the molecule is Cc1nc(NC(C)C)cc(N2CCC(CN)CC2)n1. The van der Waals surface area contributed by atoms with Gasteiger partial charge in [-0.05, 0) is 46.1 Å². The third-order valence-corrected chi connectivity index (χ3v) is 3.53. The van der Waals surface area contributed by atoms with Crippen molar-refractivity contribution in [3.63, 3.8) is 0 Å². The van der Waals surface area contributed by atoms with E-state index in [0.29, 0.717) is 12.0 Å². The van der Waals surface area contributed by atoms with Crippen molar-refractivity contribution in [3.05, 3.63) is 11.9 Å². The van der Waals surface area contributed by atoms with Gasteiger partial charge in [0.2, 0.25) is 0 Å². The zero-order valence-electron chi connectivity index (χ0n) is 12.2. The molecule has 1 fully saturated rings. The van der Waals surface area contributed by atoms with Crippen LogP contribution in [0, 0.1) is 12.8 Å². The summed E-state index contributed by atoms with van der Waals surface area (Å²) in [7, 11) is 0. The number of rotatable bonds is 4. The summed E-state index contributed by atoms with van der Waals surface area (Å²) >= 11 is 0. The Morgan fingerprint density at radius 2 is 2.05 bits per heavy atom. The second kappa shape index (κ2) is 6.19. The summed E-state index contributed by atoms with van der Waals surface area (Å²) in [4.78, 5) is 11.3. The van der Waals surface area contributed by atoms with Crippen LogP contribution >= 0.6 is 0 Å². The molecule has 3 N–H and O–H groups in total. The topological polar surface area (TPSA) is 67.1 Å². The van der Waals surface area contributed by atoms with Gasteiger partial charge in [0.1, 0.15) is 17.5 Å². The van der Waals surface area contributed by atoms with E-state index in [1.165, 1.54) is 0 Å². The Balaban J connectivity index is 2.09. The van der Waals surface area contributed by atoms with Crippen molar-refractivity contribution in [2.45, 2.75) is 39.7 Å². The Morgan fingerprint density at radius 1 is 1.37 bits per heavy atom. The van der Waals surface area contributed by atoms with Gasteiger partial charge in [-0.1, -0.05) is 0 Å². The minimum atomic E-state index is 0.380. The van der Waals surface area contributed by atoms with E-state index in [0.717, 1.165) is 49.9 Å². The zero-order chi connectivity index (χ0) is 13.8. The monoisotopic (exact) mass is 263 g/mol. The quantitative estimate of drug-likeness (QED) is 0.866. The van der Waals surface area contributed by atoms with Gasteiger partial charge in [-0.3, -0.25) is 0 Å². The smallest absolute Gasteiger partial charge is 0.134 e. The lowest BCUT2D eigenvalue weighted by Crippen LogP contribution is -2.36. The first kappa shape index (κ1) is 14.1. The second-order valence-corrected chi connectivity index (χ2v) is 5.62. The number of nitrogens with one attached hydrogen (secondary N) is 1. The minimum absolute atomic E-state index is 0.380. The fraction of sp³-hybridized carbons (Fsp3) is 0.714. The Bertz CT molecular complexity index is 410. The molecule has 0 spiro atoms. The highest BCUT2D eigenvalue weighted by atomic mass is 15.2. The molecule has 0 amide bonds. The third kappa shape index (κ3) is 3.80. The summed E-state index contributed by atoms with van der Waals surface area (Å²) in [5.74, 6) is 3.44. The molecule has 5 heteroatoms. The number of hydrogen-bond donors (Lipinski definition) is 2. The van der Waals surface area contributed by atoms with E-state index in [1.807, 2.05) is 6.92 Å². The van der Waals surface area contributed by atoms with Crippen LogP contribution in [0.4, 0.5) is 11.6 Å². The molecule has 0 atom stereocenters. The maximum Gasteiger partial charge on any atom is 0.134 e. The van der Waals surface area contributed by atoms with Gasteiger partial charge in [-0.2, -0.15) is 0 Å². The van der Waals surface area contributed by atoms with Crippen LogP contribution in [-0.4, -0.2) is 35.6 Å². The van der Waals surface area contributed by atoms with Crippen molar-refractivity contribution >= 4 is 11.6 Å². The normalized spacial score (nSPS) is 17.0. The number of piperidine rings is 1. The summed E-state index contributed by atoms with van der Waals surface area (Å²) in [6.07, 6.45) is 2.32. The fourth-order valence-corrected chi connectivity index (χ4v) is 2.48. The molecule has 5 nitrogen and oxygen atoms in total. The minimum Gasteiger partial charge on any atom is -0.368 e. The van der Waals surface area contributed by atoms with Crippen molar-refractivity contribution < 1.29 is 0 Å². The fourth-order valence-electron chi connectivity index (χ4n) is 2.48.